The number of furan rings is 1. The highest BCUT2D eigenvalue weighted by atomic mass is 32.1. The molecule has 3 aromatic heterocycles. The average Bonchev–Trinajstić information content (AvgIpc) is 3.50. The quantitative estimate of drug-likeness (QED) is 0.541. The van der Waals surface area contributed by atoms with Crippen molar-refractivity contribution in [3.63, 3.8) is 0 Å². The lowest BCUT2D eigenvalue weighted by Crippen LogP contribution is -2.50. The van der Waals surface area contributed by atoms with Crippen molar-refractivity contribution in [1.82, 2.24) is 19.8 Å². The highest BCUT2D eigenvalue weighted by Gasteiger charge is 2.44. The molecular weight excluding hydrogens is 402 g/mol. The number of thiazole rings is 1. The monoisotopic (exact) mass is 421 g/mol. The number of nitrogens with two attached hydrogens (primary N) is 1. The van der Waals surface area contributed by atoms with E-state index in [2.05, 4.69) is 14.9 Å². The van der Waals surface area contributed by atoms with Crippen molar-refractivity contribution >= 4 is 38.7 Å². The van der Waals surface area contributed by atoms with Crippen LogP contribution < -0.4 is 10.5 Å². The minimum absolute atomic E-state index is 0.231. The summed E-state index contributed by atoms with van der Waals surface area (Å²) >= 11 is 1.46. The van der Waals surface area contributed by atoms with Gasteiger partial charge < -0.3 is 19.8 Å². The fourth-order valence-electron chi connectivity index (χ4n) is 4.57. The zero-order valence-electron chi connectivity index (χ0n) is 16.0. The van der Waals surface area contributed by atoms with E-state index in [4.69, 9.17) is 14.9 Å². The van der Waals surface area contributed by atoms with Crippen LogP contribution in [0.3, 0.4) is 0 Å². The second-order valence-electron chi connectivity index (χ2n) is 7.79. The van der Waals surface area contributed by atoms with E-state index in [-0.39, 0.29) is 12.1 Å². The Balaban J connectivity index is 1.20. The van der Waals surface area contributed by atoms with Gasteiger partial charge in [-0.15, -0.1) is 0 Å². The van der Waals surface area contributed by atoms with Crippen LogP contribution in [0.15, 0.2) is 47.2 Å². The van der Waals surface area contributed by atoms with Gasteiger partial charge in [-0.05, 0) is 30.7 Å². The predicted octanol–water partition coefficient (Wildman–Crippen LogP) is 3.57. The topological polar surface area (TPSA) is 97.7 Å². The van der Waals surface area contributed by atoms with Crippen molar-refractivity contribution in [1.29, 1.82) is 0 Å². The number of carbonyl (C=O) groups is 1. The van der Waals surface area contributed by atoms with Gasteiger partial charge in [-0.3, -0.25) is 4.90 Å². The summed E-state index contributed by atoms with van der Waals surface area (Å²) in [5.74, 6) is 0.680. The zero-order valence-corrected chi connectivity index (χ0v) is 16.8. The van der Waals surface area contributed by atoms with Gasteiger partial charge in [0.1, 0.15) is 11.3 Å². The summed E-state index contributed by atoms with van der Waals surface area (Å²) in [7, 11) is 0. The first kappa shape index (κ1) is 17.7. The molecule has 2 aliphatic heterocycles. The summed E-state index contributed by atoms with van der Waals surface area (Å²) in [6.07, 6.45) is 4.53. The first-order valence-electron chi connectivity index (χ1n) is 9.84. The number of carbonyl (C=O) groups excluding carboxylic acids is 1. The Labute approximate surface area is 175 Å². The lowest BCUT2D eigenvalue weighted by atomic mass is 10.1. The number of hydrogen-bond donors (Lipinski definition) is 1. The van der Waals surface area contributed by atoms with E-state index in [1.165, 1.54) is 11.3 Å². The Morgan fingerprint density at radius 1 is 1.30 bits per heavy atom. The minimum Gasteiger partial charge on any atom is -0.464 e. The van der Waals surface area contributed by atoms with Crippen LogP contribution in [0.4, 0.5) is 4.79 Å². The number of aromatic nitrogens is 2. The van der Waals surface area contributed by atoms with E-state index in [0.29, 0.717) is 29.2 Å². The number of fused-ring (bicyclic) bond motifs is 4. The number of nitrogens with zero attached hydrogens (tertiary/aromatic N) is 4. The van der Waals surface area contributed by atoms with Gasteiger partial charge in [0.05, 0.1) is 11.0 Å². The summed E-state index contributed by atoms with van der Waals surface area (Å²) in [6.45, 7) is 2.36. The van der Waals surface area contributed by atoms with Crippen LogP contribution in [0.1, 0.15) is 12.0 Å². The smallest absolute Gasteiger partial charge is 0.315 e. The largest absolute Gasteiger partial charge is 0.464 e. The maximum Gasteiger partial charge on any atom is 0.315 e. The fraction of sp³-hybridized carbons (Fsp3) is 0.286. The van der Waals surface area contributed by atoms with Gasteiger partial charge in [-0.1, -0.05) is 11.3 Å². The number of amides is 2. The molecule has 8 nitrogen and oxygen atoms in total. The summed E-state index contributed by atoms with van der Waals surface area (Å²) in [4.78, 5) is 24.4. The van der Waals surface area contributed by atoms with Crippen molar-refractivity contribution in [3.8, 4) is 10.9 Å². The molecule has 5 heterocycles. The second-order valence-corrected chi connectivity index (χ2v) is 8.78. The first-order chi connectivity index (χ1) is 14.6. The van der Waals surface area contributed by atoms with E-state index in [0.717, 1.165) is 40.7 Å². The van der Waals surface area contributed by atoms with Crippen LogP contribution in [0, 0.1) is 0 Å². The summed E-state index contributed by atoms with van der Waals surface area (Å²) in [5.41, 5.74) is 8.07. The molecule has 2 atom stereocenters. The van der Waals surface area contributed by atoms with Crippen LogP contribution >= 0.6 is 11.3 Å². The molecule has 0 spiro atoms. The van der Waals surface area contributed by atoms with Crippen LogP contribution in [-0.4, -0.2) is 51.0 Å². The Morgan fingerprint density at radius 3 is 3.03 bits per heavy atom. The van der Waals surface area contributed by atoms with Gasteiger partial charge in [0.15, 0.2) is 5.65 Å². The number of hydrogen-bond acceptors (Lipinski definition) is 7. The molecule has 6 rings (SSSR count). The zero-order chi connectivity index (χ0) is 20.2. The van der Waals surface area contributed by atoms with Crippen molar-refractivity contribution in [2.75, 3.05) is 13.1 Å². The number of rotatable bonds is 4. The molecule has 2 aliphatic rings. The van der Waals surface area contributed by atoms with Crippen molar-refractivity contribution in [2.45, 2.75) is 25.0 Å². The van der Waals surface area contributed by atoms with E-state index >= 15 is 0 Å². The summed E-state index contributed by atoms with van der Waals surface area (Å²) < 4.78 is 12.7. The molecule has 2 bridgehead atoms. The summed E-state index contributed by atoms with van der Waals surface area (Å²) in [6, 6.07) is 10.00. The highest BCUT2D eigenvalue weighted by Crippen LogP contribution is 2.35. The number of urea groups is 1. The molecular formula is C21H19N5O3S. The van der Waals surface area contributed by atoms with E-state index in [1.807, 2.05) is 36.6 Å². The van der Waals surface area contributed by atoms with Crippen LogP contribution in [-0.2, 0) is 6.54 Å². The van der Waals surface area contributed by atoms with Crippen molar-refractivity contribution in [3.05, 3.63) is 48.4 Å². The molecule has 0 saturated carbocycles. The number of ether oxygens (including phenoxy) is 1. The molecule has 152 valence electrons. The maximum absolute atomic E-state index is 11.5. The molecule has 0 radical (unpaired) electrons. The molecule has 9 heteroatoms. The minimum atomic E-state index is -0.313. The van der Waals surface area contributed by atoms with E-state index in [1.54, 1.807) is 11.1 Å². The lowest BCUT2D eigenvalue weighted by molar-refractivity contribution is 0.137. The van der Waals surface area contributed by atoms with Crippen LogP contribution in [0.5, 0.6) is 10.9 Å². The van der Waals surface area contributed by atoms with E-state index < -0.39 is 0 Å². The molecule has 2 saturated heterocycles. The van der Waals surface area contributed by atoms with Gasteiger partial charge in [-0.2, -0.15) is 4.98 Å². The summed E-state index contributed by atoms with van der Waals surface area (Å²) in [5, 5.41) is 1.63. The van der Waals surface area contributed by atoms with Gasteiger partial charge in [0.2, 0.25) is 0 Å². The fourth-order valence-corrected chi connectivity index (χ4v) is 5.37. The van der Waals surface area contributed by atoms with Crippen LogP contribution in [0.25, 0.3) is 21.3 Å². The Bertz CT molecular complexity index is 1230. The molecule has 0 aliphatic carbocycles. The van der Waals surface area contributed by atoms with Gasteiger partial charge in [0.25, 0.3) is 5.19 Å². The van der Waals surface area contributed by atoms with Gasteiger partial charge in [-0.25, -0.2) is 9.78 Å². The third-order valence-electron chi connectivity index (χ3n) is 5.99. The maximum atomic E-state index is 11.5. The standard InChI is InChI=1S/C21H19N5O3S/c22-20(27)26-10-13-6-14(26)9-25(13)8-12-11-28-17-7-15(3-4-16(12)17)29-21-24-19-18(30-21)2-1-5-23-19/h1-5,7,11,13-14H,6,8-10H2,(H2,22,27)/t13-,14-/m0/s1. The lowest BCUT2D eigenvalue weighted by Gasteiger charge is -2.33. The predicted molar refractivity (Wildman–Crippen MR) is 113 cm³/mol. The van der Waals surface area contributed by atoms with Gasteiger partial charge in [0, 0.05) is 54.9 Å². The number of likely N-dealkylation sites (tertiary alicyclic amines) is 2. The second kappa shape index (κ2) is 6.68. The Kier molecular flexibility index (Phi) is 3.93. The molecule has 0 unspecified atom stereocenters. The number of benzene rings is 1. The molecule has 2 amide bonds. The van der Waals surface area contributed by atoms with Crippen molar-refractivity contribution in [2.24, 2.45) is 5.73 Å². The normalized spacial score (nSPS) is 21.1. The number of primary amides is 1. The average molecular weight is 421 g/mol. The Hall–Kier alpha value is -3.17. The third kappa shape index (κ3) is 2.89. The molecule has 2 N–H and O–H groups in total. The Morgan fingerprint density at radius 2 is 2.23 bits per heavy atom. The van der Waals surface area contributed by atoms with E-state index in [9.17, 15) is 4.79 Å². The molecule has 30 heavy (non-hydrogen) atoms. The molecule has 2 fully saturated rings. The SMILES string of the molecule is NC(=O)N1C[C@@H]2C[C@H]1CN2Cc1coc2cc(Oc3nc4ncccc4s3)ccc12. The number of pyridine rings is 1. The molecule has 1 aromatic carbocycles. The van der Waals surface area contributed by atoms with Gasteiger partial charge >= 0.3 is 6.03 Å². The van der Waals surface area contributed by atoms with Crippen molar-refractivity contribution < 1.29 is 13.9 Å². The number of piperazine rings is 1. The molecule has 4 aromatic rings. The highest BCUT2D eigenvalue weighted by molar-refractivity contribution is 7.20. The third-order valence-corrected chi connectivity index (χ3v) is 6.88. The van der Waals surface area contributed by atoms with Crippen LogP contribution in [0.2, 0.25) is 0 Å². The first-order valence-corrected chi connectivity index (χ1v) is 10.7.